The van der Waals surface area contributed by atoms with E-state index in [-0.39, 0.29) is 0 Å². The first-order valence-electron chi connectivity index (χ1n) is 6.77. The molecule has 0 bridgehead atoms. The summed E-state index contributed by atoms with van der Waals surface area (Å²) in [6, 6.07) is 22.0. The van der Waals surface area contributed by atoms with Crippen molar-refractivity contribution in [2.75, 3.05) is 0 Å². The minimum Gasteiger partial charge on any atom is -0.0602 e. The van der Waals surface area contributed by atoms with Gasteiger partial charge in [-0.15, -0.1) is 0 Å². The van der Waals surface area contributed by atoms with Crippen molar-refractivity contribution in [1.82, 2.24) is 0 Å². The van der Waals surface area contributed by atoms with Crippen molar-refractivity contribution in [3.8, 4) is 0 Å². The molecule has 0 aliphatic heterocycles. The second kappa shape index (κ2) is 3.89. The molecule has 0 nitrogen and oxygen atoms in total. The van der Waals surface area contributed by atoms with Gasteiger partial charge in [0.15, 0.2) is 0 Å². The molecule has 0 heterocycles. The Morgan fingerprint density at radius 3 is 2.53 bits per heavy atom. The highest BCUT2D eigenvalue weighted by molar-refractivity contribution is 5.90. The SMILES string of the molecule is C[C+]1c2ccccc2Cc2ccc3ccccc3c21. The monoisotopic (exact) mass is 243 g/mol. The van der Waals surface area contributed by atoms with Gasteiger partial charge >= 0.3 is 0 Å². The van der Waals surface area contributed by atoms with Gasteiger partial charge in [-0.05, 0) is 49.4 Å². The summed E-state index contributed by atoms with van der Waals surface area (Å²) in [6.07, 6.45) is 1.05. The lowest BCUT2D eigenvalue weighted by Crippen LogP contribution is -2.12. The first-order chi connectivity index (χ1) is 9.34. The number of rotatable bonds is 0. The predicted octanol–water partition coefficient (Wildman–Crippen LogP) is 4.73. The van der Waals surface area contributed by atoms with Gasteiger partial charge in [-0.2, -0.15) is 0 Å². The molecule has 3 aromatic carbocycles. The molecule has 3 aromatic rings. The fourth-order valence-electron chi connectivity index (χ4n) is 3.29. The highest BCUT2D eigenvalue weighted by Gasteiger charge is 2.30. The van der Waals surface area contributed by atoms with Gasteiger partial charge in [0, 0.05) is 28.5 Å². The van der Waals surface area contributed by atoms with Gasteiger partial charge in [0.1, 0.15) is 0 Å². The Bertz CT molecular complexity index is 768. The molecule has 0 aromatic heterocycles. The molecular weight excluding hydrogens is 228 g/mol. The number of fused-ring (bicyclic) bond motifs is 4. The van der Waals surface area contributed by atoms with Crippen LogP contribution in [0.25, 0.3) is 10.8 Å². The van der Waals surface area contributed by atoms with Crippen LogP contribution in [-0.2, 0) is 6.42 Å². The van der Waals surface area contributed by atoms with Crippen LogP contribution in [0.4, 0.5) is 0 Å². The van der Waals surface area contributed by atoms with Gasteiger partial charge in [0.05, 0.1) is 22.9 Å². The quantitative estimate of drug-likeness (QED) is 0.500. The van der Waals surface area contributed by atoms with Crippen LogP contribution in [0.3, 0.4) is 0 Å². The van der Waals surface area contributed by atoms with E-state index in [1.807, 2.05) is 0 Å². The van der Waals surface area contributed by atoms with Crippen molar-refractivity contribution in [2.24, 2.45) is 0 Å². The van der Waals surface area contributed by atoms with Gasteiger partial charge in [-0.25, -0.2) is 0 Å². The Morgan fingerprint density at radius 2 is 1.58 bits per heavy atom. The van der Waals surface area contributed by atoms with Crippen molar-refractivity contribution in [3.05, 3.63) is 88.8 Å². The third kappa shape index (κ3) is 1.50. The summed E-state index contributed by atoms with van der Waals surface area (Å²) in [5.74, 6) is 1.41. The van der Waals surface area contributed by atoms with Crippen molar-refractivity contribution >= 4 is 10.8 Å². The maximum atomic E-state index is 2.29. The van der Waals surface area contributed by atoms with Crippen LogP contribution in [0.15, 0.2) is 60.7 Å². The zero-order chi connectivity index (χ0) is 12.8. The van der Waals surface area contributed by atoms with Crippen molar-refractivity contribution < 1.29 is 0 Å². The van der Waals surface area contributed by atoms with E-state index in [4.69, 9.17) is 0 Å². The molecule has 90 valence electrons. The second-order valence-electron chi connectivity index (χ2n) is 5.28. The van der Waals surface area contributed by atoms with E-state index in [0.717, 1.165) is 6.42 Å². The van der Waals surface area contributed by atoms with Crippen LogP contribution < -0.4 is 0 Å². The van der Waals surface area contributed by atoms with Gasteiger partial charge in [0.2, 0.25) is 0 Å². The zero-order valence-electron chi connectivity index (χ0n) is 11.0. The van der Waals surface area contributed by atoms with Crippen molar-refractivity contribution in [2.45, 2.75) is 13.3 Å². The third-order valence-electron chi connectivity index (χ3n) is 4.19. The van der Waals surface area contributed by atoms with E-state index in [1.165, 1.54) is 38.9 Å². The van der Waals surface area contributed by atoms with Gasteiger partial charge in [0.25, 0.3) is 0 Å². The summed E-state index contributed by atoms with van der Waals surface area (Å²) in [5, 5.41) is 2.71. The average molecular weight is 243 g/mol. The van der Waals surface area contributed by atoms with Crippen LogP contribution in [0.1, 0.15) is 29.2 Å². The number of hydrogen-bond donors (Lipinski definition) is 0. The van der Waals surface area contributed by atoms with E-state index >= 15 is 0 Å². The second-order valence-corrected chi connectivity index (χ2v) is 5.28. The Morgan fingerprint density at radius 1 is 0.789 bits per heavy atom. The van der Waals surface area contributed by atoms with Crippen LogP contribution in [0.5, 0.6) is 0 Å². The van der Waals surface area contributed by atoms with E-state index < -0.39 is 0 Å². The average Bonchev–Trinajstić information content (AvgIpc) is 2.47. The Balaban J connectivity index is 2.04. The van der Waals surface area contributed by atoms with Crippen LogP contribution >= 0.6 is 0 Å². The molecule has 0 atom stereocenters. The zero-order valence-corrected chi connectivity index (χ0v) is 11.0. The fraction of sp³-hybridized carbons (Fsp3) is 0.105. The standard InChI is InChI=1S/C19H15/c1-13-17-8-4-3-7-15(17)12-16-11-10-14-6-2-5-9-18(14)19(13)16/h2-11H,12H2,1H3/q+1. The Kier molecular flexibility index (Phi) is 2.19. The molecule has 0 spiro atoms. The number of hydrogen-bond acceptors (Lipinski definition) is 0. The molecular formula is C19H15+. The lowest BCUT2D eigenvalue weighted by atomic mass is 9.77. The Hall–Kier alpha value is -2.21. The van der Waals surface area contributed by atoms with E-state index in [0.29, 0.717) is 0 Å². The van der Waals surface area contributed by atoms with Crippen molar-refractivity contribution in [3.63, 3.8) is 0 Å². The topological polar surface area (TPSA) is 0 Å². The lowest BCUT2D eigenvalue weighted by Gasteiger charge is -2.20. The minimum absolute atomic E-state index is 1.05. The predicted molar refractivity (Wildman–Crippen MR) is 80.3 cm³/mol. The van der Waals surface area contributed by atoms with Crippen molar-refractivity contribution in [1.29, 1.82) is 0 Å². The molecule has 0 amide bonds. The van der Waals surface area contributed by atoms with E-state index in [1.54, 1.807) is 0 Å². The maximum absolute atomic E-state index is 2.29. The molecule has 19 heavy (non-hydrogen) atoms. The van der Waals surface area contributed by atoms with Gasteiger partial charge in [-0.3, -0.25) is 0 Å². The molecule has 0 fully saturated rings. The summed E-state index contributed by atoms with van der Waals surface area (Å²) in [6.45, 7) is 2.25. The first kappa shape index (κ1) is 10.7. The van der Waals surface area contributed by atoms with E-state index in [9.17, 15) is 0 Å². The molecule has 4 rings (SSSR count). The highest BCUT2D eigenvalue weighted by atomic mass is 14.3. The summed E-state index contributed by atoms with van der Waals surface area (Å²) in [5.41, 5.74) is 5.75. The molecule has 0 saturated heterocycles. The van der Waals surface area contributed by atoms with E-state index in [2.05, 4.69) is 67.6 Å². The smallest absolute Gasteiger partial charge is 0.0602 e. The summed E-state index contributed by atoms with van der Waals surface area (Å²) < 4.78 is 0. The highest BCUT2D eigenvalue weighted by Crippen LogP contribution is 2.39. The first-order valence-corrected chi connectivity index (χ1v) is 6.77. The molecule has 0 saturated carbocycles. The summed E-state index contributed by atoms with van der Waals surface area (Å²) >= 11 is 0. The maximum Gasteiger partial charge on any atom is 0.0874 e. The lowest BCUT2D eigenvalue weighted by molar-refractivity contribution is 1.03. The number of benzene rings is 3. The summed E-state index contributed by atoms with van der Waals surface area (Å²) in [7, 11) is 0. The molecule has 1 aliphatic rings. The van der Waals surface area contributed by atoms with Crippen LogP contribution in [-0.4, -0.2) is 0 Å². The molecule has 0 radical (unpaired) electrons. The molecule has 1 aliphatic carbocycles. The minimum atomic E-state index is 1.05. The largest absolute Gasteiger partial charge is 0.0874 e. The summed E-state index contributed by atoms with van der Waals surface area (Å²) in [4.78, 5) is 0. The Labute approximate surface area is 113 Å². The van der Waals surface area contributed by atoms with Gasteiger partial charge < -0.3 is 0 Å². The molecule has 0 unspecified atom stereocenters. The van der Waals surface area contributed by atoms with Gasteiger partial charge in [-0.1, -0.05) is 12.1 Å². The molecule has 0 heteroatoms. The third-order valence-corrected chi connectivity index (χ3v) is 4.19. The fourth-order valence-corrected chi connectivity index (χ4v) is 3.29. The molecule has 0 N–H and O–H groups in total. The van der Waals surface area contributed by atoms with Crippen LogP contribution in [0.2, 0.25) is 0 Å². The van der Waals surface area contributed by atoms with Crippen LogP contribution in [0, 0.1) is 5.92 Å². The normalized spacial score (nSPS) is 13.2.